The van der Waals surface area contributed by atoms with Gasteiger partial charge in [-0.15, -0.1) is 0 Å². The quantitative estimate of drug-likeness (QED) is 0.214. The topological polar surface area (TPSA) is 35.6 Å². The van der Waals surface area contributed by atoms with E-state index >= 15 is 0 Å². The Labute approximate surface area is 254 Å². The van der Waals surface area contributed by atoms with Gasteiger partial charge in [-0.05, 0) is 71.4 Å². The van der Waals surface area contributed by atoms with Crippen molar-refractivity contribution < 1.29 is 0 Å². The van der Waals surface area contributed by atoms with E-state index in [1.54, 1.807) is 0 Å². The van der Waals surface area contributed by atoms with E-state index in [-0.39, 0.29) is 0 Å². The average Bonchev–Trinajstić information content (AvgIpc) is 3.68. The first-order valence-corrected chi connectivity index (χ1v) is 14.8. The maximum atomic E-state index is 5.01. The maximum absolute atomic E-state index is 5.01. The lowest BCUT2D eigenvalue weighted by Crippen LogP contribution is -1.96. The molecular formula is C40H26N4. The molecular weight excluding hydrogens is 536 g/mol. The van der Waals surface area contributed by atoms with Crippen molar-refractivity contribution >= 4 is 43.5 Å². The standard InChI is InChI=1S/C40H26N4/c1-2-11-29(12-3-1)43-26-24-35-37(43)22-21-34-33-14-6-7-16-38(33)44(39(34)35)30-19-17-28(18-20-30)40-41-25-23-36(42-40)32-15-8-10-27-9-4-5-13-31(27)32/h1-26H. The summed E-state index contributed by atoms with van der Waals surface area (Å²) >= 11 is 0. The second-order valence-corrected chi connectivity index (χ2v) is 11.1. The number of nitrogens with zero attached hydrogens (tertiary/aromatic N) is 4. The molecule has 0 bridgehead atoms. The molecule has 0 saturated heterocycles. The Bertz CT molecular complexity index is 2480. The summed E-state index contributed by atoms with van der Waals surface area (Å²) in [6, 6.07) is 51.3. The van der Waals surface area contributed by atoms with Crippen LogP contribution < -0.4 is 0 Å². The molecule has 0 saturated carbocycles. The molecule has 9 aromatic rings. The van der Waals surface area contributed by atoms with Gasteiger partial charge in [0.05, 0.1) is 22.2 Å². The van der Waals surface area contributed by atoms with Crippen LogP contribution in [0.5, 0.6) is 0 Å². The highest BCUT2D eigenvalue weighted by Crippen LogP contribution is 2.38. The zero-order chi connectivity index (χ0) is 29.0. The second kappa shape index (κ2) is 9.79. The molecule has 44 heavy (non-hydrogen) atoms. The summed E-state index contributed by atoms with van der Waals surface area (Å²) in [5, 5.41) is 6.10. The minimum Gasteiger partial charge on any atom is -0.316 e. The summed E-state index contributed by atoms with van der Waals surface area (Å²) in [4.78, 5) is 9.67. The molecule has 3 aromatic heterocycles. The number of hydrogen-bond donors (Lipinski definition) is 0. The molecule has 4 nitrogen and oxygen atoms in total. The van der Waals surface area contributed by atoms with Gasteiger partial charge in [-0.1, -0.05) is 84.9 Å². The molecule has 0 N–H and O–H groups in total. The van der Waals surface area contributed by atoms with Gasteiger partial charge in [0.2, 0.25) is 0 Å². The highest BCUT2D eigenvalue weighted by molar-refractivity contribution is 6.18. The van der Waals surface area contributed by atoms with Crippen LogP contribution in [0.3, 0.4) is 0 Å². The molecule has 0 fully saturated rings. The molecule has 9 rings (SSSR count). The number of hydrogen-bond acceptors (Lipinski definition) is 2. The normalized spacial score (nSPS) is 11.6. The monoisotopic (exact) mass is 562 g/mol. The molecule has 206 valence electrons. The summed E-state index contributed by atoms with van der Waals surface area (Å²) in [6.07, 6.45) is 4.03. The lowest BCUT2D eigenvalue weighted by Gasteiger charge is -2.11. The van der Waals surface area contributed by atoms with E-state index in [9.17, 15) is 0 Å². The van der Waals surface area contributed by atoms with Crippen molar-refractivity contribution in [3.63, 3.8) is 0 Å². The van der Waals surface area contributed by atoms with E-state index in [0.29, 0.717) is 5.82 Å². The van der Waals surface area contributed by atoms with Crippen LogP contribution in [0.1, 0.15) is 0 Å². The van der Waals surface area contributed by atoms with E-state index in [2.05, 4.69) is 160 Å². The minimum atomic E-state index is 0.714. The fourth-order valence-corrected chi connectivity index (χ4v) is 6.61. The molecule has 3 heterocycles. The van der Waals surface area contributed by atoms with Crippen LogP contribution in [0.2, 0.25) is 0 Å². The first kappa shape index (κ1) is 24.6. The Morgan fingerprint density at radius 3 is 2.14 bits per heavy atom. The molecule has 0 amide bonds. The van der Waals surface area contributed by atoms with Gasteiger partial charge in [0.25, 0.3) is 0 Å². The summed E-state index contributed by atoms with van der Waals surface area (Å²) in [6.45, 7) is 0. The van der Waals surface area contributed by atoms with Gasteiger partial charge in [-0.2, -0.15) is 0 Å². The highest BCUT2D eigenvalue weighted by Gasteiger charge is 2.17. The van der Waals surface area contributed by atoms with Gasteiger partial charge in [-0.25, -0.2) is 9.97 Å². The average molecular weight is 563 g/mol. The number of fused-ring (bicyclic) bond motifs is 6. The molecule has 0 atom stereocenters. The van der Waals surface area contributed by atoms with E-state index in [4.69, 9.17) is 4.98 Å². The second-order valence-electron chi connectivity index (χ2n) is 11.1. The van der Waals surface area contributed by atoms with Crippen molar-refractivity contribution in [1.82, 2.24) is 19.1 Å². The van der Waals surface area contributed by atoms with Crippen LogP contribution in [-0.2, 0) is 0 Å². The summed E-state index contributed by atoms with van der Waals surface area (Å²) in [5.74, 6) is 0.714. The molecule has 4 heteroatoms. The van der Waals surface area contributed by atoms with Crippen molar-refractivity contribution in [3.8, 4) is 34.0 Å². The van der Waals surface area contributed by atoms with Crippen LogP contribution in [0.4, 0.5) is 0 Å². The molecule has 0 radical (unpaired) electrons. The van der Waals surface area contributed by atoms with Gasteiger partial charge in [0.1, 0.15) is 0 Å². The Kier molecular flexibility index (Phi) is 5.47. The van der Waals surface area contributed by atoms with Crippen LogP contribution in [-0.4, -0.2) is 19.1 Å². The number of para-hydroxylation sites is 2. The predicted octanol–water partition coefficient (Wildman–Crippen LogP) is 10.0. The zero-order valence-corrected chi connectivity index (χ0v) is 23.8. The highest BCUT2D eigenvalue weighted by atomic mass is 15.0. The van der Waals surface area contributed by atoms with Crippen molar-refractivity contribution in [1.29, 1.82) is 0 Å². The zero-order valence-electron chi connectivity index (χ0n) is 23.8. The summed E-state index contributed by atoms with van der Waals surface area (Å²) < 4.78 is 4.65. The largest absolute Gasteiger partial charge is 0.316 e. The lowest BCUT2D eigenvalue weighted by atomic mass is 10.0. The first-order chi connectivity index (χ1) is 21.8. The van der Waals surface area contributed by atoms with Crippen molar-refractivity contribution in [2.75, 3.05) is 0 Å². The van der Waals surface area contributed by atoms with E-state index in [1.165, 1.54) is 43.5 Å². The van der Waals surface area contributed by atoms with Gasteiger partial charge in [-0.3, -0.25) is 0 Å². The van der Waals surface area contributed by atoms with Gasteiger partial charge >= 0.3 is 0 Å². The third kappa shape index (κ3) is 3.78. The van der Waals surface area contributed by atoms with Crippen molar-refractivity contribution in [3.05, 3.63) is 158 Å². The minimum absolute atomic E-state index is 0.714. The van der Waals surface area contributed by atoms with E-state index < -0.39 is 0 Å². The molecule has 6 aromatic carbocycles. The predicted molar refractivity (Wildman–Crippen MR) is 182 cm³/mol. The van der Waals surface area contributed by atoms with Crippen molar-refractivity contribution in [2.45, 2.75) is 0 Å². The Balaban J connectivity index is 1.18. The summed E-state index contributed by atoms with van der Waals surface area (Å²) in [5.41, 5.74) is 8.85. The van der Waals surface area contributed by atoms with Crippen LogP contribution >= 0.6 is 0 Å². The van der Waals surface area contributed by atoms with Crippen LogP contribution in [0.15, 0.2) is 158 Å². The fourth-order valence-electron chi connectivity index (χ4n) is 6.61. The molecule has 0 spiro atoms. The molecule has 0 aliphatic carbocycles. The number of aromatic nitrogens is 4. The first-order valence-electron chi connectivity index (χ1n) is 14.8. The van der Waals surface area contributed by atoms with Gasteiger partial charge in [0, 0.05) is 51.1 Å². The maximum Gasteiger partial charge on any atom is 0.159 e. The SMILES string of the molecule is c1ccc(-n2ccc3c2ccc2c4ccccc4n(-c4ccc(-c5nccc(-c6cccc7ccccc67)n5)cc4)c23)cc1. The van der Waals surface area contributed by atoms with E-state index in [0.717, 1.165) is 28.2 Å². The third-order valence-corrected chi connectivity index (χ3v) is 8.64. The van der Waals surface area contributed by atoms with Crippen LogP contribution in [0.25, 0.3) is 77.5 Å². The molecule has 0 unspecified atom stereocenters. The van der Waals surface area contributed by atoms with Gasteiger partial charge < -0.3 is 9.13 Å². The van der Waals surface area contributed by atoms with Gasteiger partial charge in [0.15, 0.2) is 5.82 Å². The Morgan fingerprint density at radius 2 is 1.25 bits per heavy atom. The smallest absolute Gasteiger partial charge is 0.159 e. The third-order valence-electron chi connectivity index (χ3n) is 8.64. The molecule has 0 aliphatic rings. The number of rotatable bonds is 4. The Hall–Kier alpha value is -6.00. The van der Waals surface area contributed by atoms with E-state index in [1.807, 2.05) is 12.3 Å². The summed E-state index contributed by atoms with van der Waals surface area (Å²) in [7, 11) is 0. The van der Waals surface area contributed by atoms with Crippen molar-refractivity contribution in [2.24, 2.45) is 0 Å². The van der Waals surface area contributed by atoms with Crippen LogP contribution in [0, 0.1) is 0 Å². The number of benzene rings is 6. The Morgan fingerprint density at radius 1 is 0.477 bits per heavy atom. The molecule has 0 aliphatic heterocycles. The fraction of sp³-hybridized carbons (Fsp3) is 0. The lowest BCUT2D eigenvalue weighted by molar-refractivity contribution is 1.13.